The molecule has 1 aliphatic heterocycles. The zero-order chi connectivity index (χ0) is 16.2. The van der Waals surface area contributed by atoms with E-state index in [0.29, 0.717) is 32.4 Å². The fourth-order valence-electron chi connectivity index (χ4n) is 2.46. The second kappa shape index (κ2) is 6.85. The Hall–Kier alpha value is -1.98. The molecule has 6 nitrogen and oxygen atoms in total. The van der Waals surface area contributed by atoms with Gasteiger partial charge in [-0.3, -0.25) is 4.79 Å². The number of likely N-dealkylation sites (tertiary alicyclic amines) is 1. The molecule has 0 aliphatic carbocycles. The summed E-state index contributed by atoms with van der Waals surface area (Å²) in [7, 11) is 0. The fraction of sp³-hybridized carbons (Fsp3) is 0.625. The molecule has 6 heteroatoms. The number of hydrogen-bond donors (Lipinski definition) is 0. The van der Waals surface area contributed by atoms with Crippen LogP contribution in [0, 0.1) is 5.92 Å². The highest BCUT2D eigenvalue weighted by Crippen LogP contribution is 2.21. The Balaban J connectivity index is 1.82. The Bertz CT molecular complexity index is 517. The van der Waals surface area contributed by atoms with Gasteiger partial charge in [-0.05, 0) is 39.7 Å². The molecule has 0 N–H and O–H groups in total. The highest BCUT2D eigenvalue weighted by atomic mass is 16.6. The molecule has 1 aliphatic rings. The smallest absolute Gasteiger partial charge is 0.410 e. The van der Waals surface area contributed by atoms with Crippen molar-refractivity contribution in [2.24, 2.45) is 5.92 Å². The van der Waals surface area contributed by atoms with Crippen LogP contribution >= 0.6 is 0 Å². The first-order valence-electron chi connectivity index (χ1n) is 7.61. The van der Waals surface area contributed by atoms with Gasteiger partial charge in [0.25, 0.3) is 0 Å². The van der Waals surface area contributed by atoms with Crippen LogP contribution in [0.1, 0.15) is 39.3 Å². The van der Waals surface area contributed by atoms with Crippen LogP contribution in [0.2, 0.25) is 0 Å². The number of hydrogen-bond acceptors (Lipinski definition) is 5. The zero-order valence-electron chi connectivity index (χ0n) is 13.4. The van der Waals surface area contributed by atoms with Crippen molar-refractivity contribution >= 4 is 11.9 Å². The van der Waals surface area contributed by atoms with Gasteiger partial charge in [-0.2, -0.15) is 0 Å². The van der Waals surface area contributed by atoms with Crippen LogP contribution in [0.3, 0.4) is 0 Å². The maximum Gasteiger partial charge on any atom is 0.410 e. The number of aromatic nitrogens is 2. The molecule has 1 aromatic rings. The van der Waals surface area contributed by atoms with Crippen LogP contribution in [0.5, 0.6) is 0 Å². The zero-order valence-corrected chi connectivity index (χ0v) is 13.4. The second-order valence-electron chi connectivity index (χ2n) is 6.59. The molecule has 0 aromatic carbocycles. The van der Waals surface area contributed by atoms with Crippen molar-refractivity contribution in [3.05, 3.63) is 24.3 Å². The van der Waals surface area contributed by atoms with E-state index in [1.54, 1.807) is 17.2 Å². The molecule has 1 amide bonds. The van der Waals surface area contributed by atoms with Crippen LogP contribution in [-0.4, -0.2) is 45.4 Å². The number of nitrogens with zero attached hydrogens (tertiary/aromatic N) is 3. The lowest BCUT2D eigenvalue weighted by atomic mass is 9.90. The van der Waals surface area contributed by atoms with Gasteiger partial charge in [0.05, 0.1) is 5.69 Å². The number of carbonyl (C=O) groups excluding carboxylic acids is 2. The van der Waals surface area contributed by atoms with E-state index in [9.17, 15) is 9.59 Å². The van der Waals surface area contributed by atoms with E-state index in [-0.39, 0.29) is 17.8 Å². The molecule has 0 saturated carbocycles. The highest BCUT2D eigenvalue weighted by molar-refractivity contribution is 5.83. The number of piperidine rings is 1. The SMILES string of the molecule is CC(C)(C)OC(=O)N1CCC(C(=O)Cc2ccncn2)CC1. The summed E-state index contributed by atoms with van der Waals surface area (Å²) in [6, 6.07) is 1.76. The summed E-state index contributed by atoms with van der Waals surface area (Å²) >= 11 is 0. The van der Waals surface area contributed by atoms with Gasteiger partial charge in [0, 0.05) is 31.6 Å². The summed E-state index contributed by atoms with van der Waals surface area (Å²) in [6.45, 7) is 6.68. The molecular weight excluding hydrogens is 282 g/mol. The predicted octanol–water partition coefficient (Wildman–Crippen LogP) is 2.24. The summed E-state index contributed by atoms with van der Waals surface area (Å²) in [4.78, 5) is 33.9. The van der Waals surface area contributed by atoms with Crippen LogP contribution < -0.4 is 0 Å². The van der Waals surface area contributed by atoms with Gasteiger partial charge in [0.2, 0.25) is 0 Å². The van der Waals surface area contributed by atoms with Crippen molar-refractivity contribution in [3.63, 3.8) is 0 Å². The highest BCUT2D eigenvalue weighted by Gasteiger charge is 2.29. The van der Waals surface area contributed by atoms with E-state index in [2.05, 4.69) is 9.97 Å². The van der Waals surface area contributed by atoms with E-state index < -0.39 is 5.60 Å². The fourth-order valence-corrected chi connectivity index (χ4v) is 2.46. The van der Waals surface area contributed by atoms with Gasteiger partial charge < -0.3 is 9.64 Å². The van der Waals surface area contributed by atoms with E-state index >= 15 is 0 Å². The quantitative estimate of drug-likeness (QED) is 0.856. The minimum absolute atomic E-state index is 0.00588. The van der Waals surface area contributed by atoms with Gasteiger partial charge in [-0.25, -0.2) is 14.8 Å². The summed E-state index contributed by atoms with van der Waals surface area (Å²) in [5.41, 5.74) is 0.256. The topological polar surface area (TPSA) is 72.4 Å². The molecule has 22 heavy (non-hydrogen) atoms. The number of ether oxygens (including phenoxy) is 1. The Morgan fingerprint density at radius 3 is 2.55 bits per heavy atom. The van der Waals surface area contributed by atoms with Crippen LogP contribution in [0.4, 0.5) is 4.79 Å². The van der Waals surface area contributed by atoms with Crippen molar-refractivity contribution in [3.8, 4) is 0 Å². The van der Waals surface area contributed by atoms with E-state index in [1.165, 1.54) is 6.33 Å². The third kappa shape index (κ3) is 4.79. The second-order valence-corrected chi connectivity index (χ2v) is 6.59. The van der Waals surface area contributed by atoms with Gasteiger partial charge in [-0.1, -0.05) is 0 Å². The average Bonchev–Trinajstić information content (AvgIpc) is 2.46. The lowest BCUT2D eigenvalue weighted by molar-refractivity contribution is -0.123. The summed E-state index contributed by atoms with van der Waals surface area (Å²) in [5, 5.41) is 0. The standard InChI is InChI=1S/C16H23N3O3/c1-16(2,3)22-15(21)19-8-5-12(6-9-19)14(20)10-13-4-7-17-11-18-13/h4,7,11-12H,5-6,8-10H2,1-3H3. The Kier molecular flexibility index (Phi) is 5.11. The Morgan fingerprint density at radius 2 is 2.00 bits per heavy atom. The summed E-state index contributed by atoms with van der Waals surface area (Å²) in [6.07, 6.45) is 4.50. The molecule has 0 unspecified atom stereocenters. The first-order valence-corrected chi connectivity index (χ1v) is 7.61. The third-order valence-corrected chi connectivity index (χ3v) is 3.60. The first kappa shape index (κ1) is 16.4. The van der Waals surface area contributed by atoms with Crippen LogP contribution in [0.15, 0.2) is 18.6 Å². The average molecular weight is 305 g/mol. The van der Waals surface area contributed by atoms with Crippen LogP contribution in [0.25, 0.3) is 0 Å². The molecule has 1 fully saturated rings. The largest absolute Gasteiger partial charge is 0.444 e. The molecule has 0 bridgehead atoms. The number of ketones is 1. The van der Waals surface area contributed by atoms with Crippen molar-refractivity contribution in [2.45, 2.75) is 45.6 Å². The van der Waals surface area contributed by atoms with Crippen molar-refractivity contribution in [1.29, 1.82) is 0 Å². The molecule has 120 valence electrons. The molecule has 2 heterocycles. The normalized spacial score (nSPS) is 16.4. The van der Waals surface area contributed by atoms with Crippen LogP contribution in [-0.2, 0) is 16.0 Å². The number of amides is 1. The monoisotopic (exact) mass is 305 g/mol. The third-order valence-electron chi connectivity index (χ3n) is 3.60. The van der Waals surface area contributed by atoms with Crippen molar-refractivity contribution in [1.82, 2.24) is 14.9 Å². The predicted molar refractivity (Wildman–Crippen MR) is 81.3 cm³/mol. The number of rotatable bonds is 3. The van der Waals surface area contributed by atoms with E-state index in [1.807, 2.05) is 20.8 Å². The molecule has 0 atom stereocenters. The van der Waals surface area contributed by atoms with Gasteiger partial charge in [-0.15, -0.1) is 0 Å². The lowest BCUT2D eigenvalue weighted by Gasteiger charge is -2.32. The summed E-state index contributed by atoms with van der Waals surface area (Å²) in [5.74, 6) is 0.177. The van der Waals surface area contributed by atoms with Gasteiger partial charge in [0.1, 0.15) is 17.7 Å². The van der Waals surface area contributed by atoms with Gasteiger partial charge in [0.15, 0.2) is 0 Å². The molecule has 0 radical (unpaired) electrons. The number of carbonyl (C=O) groups is 2. The maximum atomic E-state index is 12.3. The Labute approximate surface area is 130 Å². The van der Waals surface area contributed by atoms with E-state index in [0.717, 1.165) is 5.69 Å². The van der Waals surface area contributed by atoms with Crippen molar-refractivity contribution < 1.29 is 14.3 Å². The molecule has 0 spiro atoms. The first-order chi connectivity index (χ1) is 10.3. The minimum Gasteiger partial charge on any atom is -0.444 e. The Morgan fingerprint density at radius 1 is 1.32 bits per heavy atom. The number of Topliss-reactive ketones (excluding diaryl/α,β-unsaturated/α-hetero) is 1. The molecule has 1 aromatic heterocycles. The van der Waals surface area contributed by atoms with E-state index in [4.69, 9.17) is 4.74 Å². The lowest BCUT2D eigenvalue weighted by Crippen LogP contribution is -2.43. The molecule has 2 rings (SSSR count). The minimum atomic E-state index is -0.489. The molecule has 1 saturated heterocycles. The van der Waals surface area contributed by atoms with Gasteiger partial charge >= 0.3 is 6.09 Å². The van der Waals surface area contributed by atoms with Crippen molar-refractivity contribution in [2.75, 3.05) is 13.1 Å². The summed E-state index contributed by atoms with van der Waals surface area (Å²) < 4.78 is 5.35. The maximum absolute atomic E-state index is 12.3. The molecular formula is C16H23N3O3.